The average Bonchev–Trinajstić information content (AvgIpc) is 3.07. The molecule has 1 aromatic heterocycles. The highest BCUT2D eigenvalue weighted by atomic mass is 32.2. The van der Waals surface area contributed by atoms with Crippen molar-refractivity contribution in [1.82, 2.24) is 4.98 Å². The second kappa shape index (κ2) is 7.09. The Bertz CT molecular complexity index is 1040. The topological polar surface area (TPSA) is 97.5 Å². The third-order valence-electron chi connectivity index (χ3n) is 3.77. The summed E-state index contributed by atoms with van der Waals surface area (Å²) in [6.45, 7) is 1.97. The monoisotopic (exact) mass is 374 g/mol. The summed E-state index contributed by atoms with van der Waals surface area (Å²) in [7, 11) is -2.28. The van der Waals surface area contributed by atoms with E-state index < -0.39 is 16.0 Å². The third kappa shape index (κ3) is 3.50. The Morgan fingerprint density at radius 2 is 1.88 bits per heavy atom. The van der Waals surface area contributed by atoms with Crippen LogP contribution in [0, 0.1) is 0 Å². The number of benzene rings is 2. The molecular formula is C18H18N2O5S. The van der Waals surface area contributed by atoms with Gasteiger partial charge in [-0.05, 0) is 43.3 Å². The molecule has 0 aliphatic carbocycles. The van der Waals surface area contributed by atoms with Gasteiger partial charge in [-0.1, -0.05) is 12.1 Å². The third-order valence-corrected chi connectivity index (χ3v) is 5.15. The van der Waals surface area contributed by atoms with E-state index in [1.54, 1.807) is 43.3 Å². The van der Waals surface area contributed by atoms with E-state index in [0.29, 0.717) is 22.3 Å². The molecule has 26 heavy (non-hydrogen) atoms. The molecule has 0 radical (unpaired) electrons. The number of hydrogen-bond donors (Lipinski definition) is 2. The van der Waals surface area contributed by atoms with Crippen molar-refractivity contribution in [2.24, 2.45) is 0 Å². The number of esters is 1. The zero-order valence-electron chi connectivity index (χ0n) is 14.3. The minimum absolute atomic E-state index is 0.104. The van der Waals surface area contributed by atoms with Crippen molar-refractivity contribution in [3.05, 3.63) is 54.2 Å². The fourth-order valence-corrected chi connectivity index (χ4v) is 3.59. The van der Waals surface area contributed by atoms with Crippen LogP contribution in [0.5, 0.6) is 5.75 Å². The van der Waals surface area contributed by atoms with Crippen LogP contribution in [0.25, 0.3) is 10.9 Å². The van der Waals surface area contributed by atoms with Crippen LogP contribution < -0.4 is 9.46 Å². The highest BCUT2D eigenvalue weighted by Gasteiger charge is 2.18. The Kier molecular flexibility index (Phi) is 4.85. The molecule has 0 atom stereocenters. The molecule has 0 saturated heterocycles. The van der Waals surface area contributed by atoms with Gasteiger partial charge in [0, 0.05) is 5.39 Å². The predicted molar refractivity (Wildman–Crippen MR) is 98.1 cm³/mol. The minimum atomic E-state index is -3.79. The lowest BCUT2D eigenvalue weighted by Gasteiger charge is -2.09. The molecule has 0 unspecified atom stereocenters. The van der Waals surface area contributed by atoms with Crippen molar-refractivity contribution in [2.45, 2.75) is 11.8 Å². The first kappa shape index (κ1) is 17.8. The molecule has 2 aromatic carbocycles. The molecule has 0 amide bonds. The number of carbonyl (C=O) groups is 1. The molecule has 3 aromatic rings. The van der Waals surface area contributed by atoms with Gasteiger partial charge >= 0.3 is 5.97 Å². The second-order valence-corrected chi connectivity index (χ2v) is 7.14. The van der Waals surface area contributed by atoms with Crippen molar-refractivity contribution in [3.8, 4) is 5.75 Å². The van der Waals surface area contributed by atoms with Crippen LogP contribution in [0.2, 0.25) is 0 Å². The summed E-state index contributed by atoms with van der Waals surface area (Å²) >= 11 is 0. The van der Waals surface area contributed by atoms with Crippen LogP contribution >= 0.6 is 0 Å². The van der Waals surface area contributed by atoms with Crippen molar-refractivity contribution >= 4 is 32.6 Å². The quantitative estimate of drug-likeness (QED) is 0.646. The molecule has 0 bridgehead atoms. The first-order valence-corrected chi connectivity index (χ1v) is 9.38. The maximum Gasteiger partial charge on any atom is 0.354 e. The lowest BCUT2D eigenvalue weighted by Crippen LogP contribution is -2.13. The van der Waals surface area contributed by atoms with Gasteiger partial charge in [0.05, 0.1) is 29.8 Å². The number of carbonyl (C=O) groups excluding carboxylic acids is 1. The van der Waals surface area contributed by atoms with Crippen LogP contribution in [-0.4, -0.2) is 33.1 Å². The van der Waals surface area contributed by atoms with Gasteiger partial charge in [0.15, 0.2) is 0 Å². The number of sulfonamides is 1. The molecule has 7 nitrogen and oxygen atoms in total. The largest absolute Gasteiger partial charge is 0.497 e. The number of aromatic amines is 1. The number of methoxy groups -OCH3 is 1. The molecule has 8 heteroatoms. The van der Waals surface area contributed by atoms with Gasteiger partial charge < -0.3 is 14.5 Å². The minimum Gasteiger partial charge on any atom is -0.497 e. The standard InChI is InChI=1S/C18H18N2O5S/c1-3-25-18(21)16-11-12-5-4-6-15(17(12)19-16)20-26(22,23)14-9-7-13(24-2)8-10-14/h4-11,19-20H,3H2,1-2H3. The van der Waals surface area contributed by atoms with Crippen LogP contribution in [0.4, 0.5) is 5.69 Å². The number of anilines is 1. The Balaban J connectivity index is 1.95. The van der Waals surface area contributed by atoms with Gasteiger partial charge in [0.2, 0.25) is 0 Å². The van der Waals surface area contributed by atoms with Gasteiger partial charge in [0.1, 0.15) is 11.4 Å². The number of nitrogens with one attached hydrogen (secondary N) is 2. The number of aromatic nitrogens is 1. The van der Waals surface area contributed by atoms with E-state index in [-0.39, 0.29) is 17.2 Å². The number of ether oxygens (including phenoxy) is 2. The van der Waals surface area contributed by atoms with Crippen molar-refractivity contribution in [3.63, 3.8) is 0 Å². The molecule has 3 rings (SSSR count). The summed E-state index contributed by atoms with van der Waals surface area (Å²) in [5, 5.41) is 0.697. The summed E-state index contributed by atoms with van der Waals surface area (Å²) in [5.41, 5.74) is 1.11. The maximum absolute atomic E-state index is 12.6. The first-order valence-electron chi connectivity index (χ1n) is 7.90. The Morgan fingerprint density at radius 3 is 2.54 bits per heavy atom. The maximum atomic E-state index is 12.6. The van der Waals surface area contributed by atoms with Gasteiger partial charge in [-0.25, -0.2) is 13.2 Å². The van der Waals surface area contributed by atoms with Crippen LogP contribution in [0.3, 0.4) is 0 Å². The molecule has 0 saturated carbocycles. The first-order chi connectivity index (χ1) is 12.4. The SMILES string of the molecule is CCOC(=O)c1cc2cccc(NS(=O)(=O)c3ccc(OC)cc3)c2[nH]1. The molecule has 0 aliphatic rings. The lowest BCUT2D eigenvalue weighted by molar-refractivity contribution is 0.0520. The van der Waals surface area contributed by atoms with E-state index in [0.717, 1.165) is 0 Å². The molecule has 1 heterocycles. The van der Waals surface area contributed by atoms with E-state index in [1.807, 2.05) is 0 Å². The average molecular weight is 374 g/mol. The van der Waals surface area contributed by atoms with E-state index >= 15 is 0 Å². The zero-order chi connectivity index (χ0) is 18.7. The number of hydrogen-bond acceptors (Lipinski definition) is 5. The van der Waals surface area contributed by atoms with Gasteiger partial charge in [0.25, 0.3) is 10.0 Å². The normalized spacial score (nSPS) is 11.3. The fourth-order valence-electron chi connectivity index (χ4n) is 2.52. The molecule has 2 N–H and O–H groups in total. The summed E-state index contributed by atoms with van der Waals surface area (Å²) in [6.07, 6.45) is 0. The van der Waals surface area contributed by atoms with Crippen molar-refractivity contribution in [1.29, 1.82) is 0 Å². The molecule has 136 valence electrons. The van der Waals surface area contributed by atoms with E-state index in [1.165, 1.54) is 19.2 Å². The van der Waals surface area contributed by atoms with Crippen LogP contribution in [0.15, 0.2) is 53.4 Å². The summed E-state index contributed by atoms with van der Waals surface area (Å²) in [6, 6.07) is 12.8. The lowest BCUT2D eigenvalue weighted by atomic mass is 10.2. The van der Waals surface area contributed by atoms with E-state index in [9.17, 15) is 13.2 Å². The van der Waals surface area contributed by atoms with E-state index in [4.69, 9.17) is 9.47 Å². The van der Waals surface area contributed by atoms with Gasteiger partial charge in [-0.3, -0.25) is 4.72 Å². The summed E-state index contributed by atoms with van der Waals surface area (Å²) in [4.78, 5) is 14.9. The van der Waals surface area contributed by atoms with E-state index in [2.05, 4.69) is 9.71 Å². The molecular weight excluding hydrogens is 356 g/mol. The highest BCUT2D eigenvalue weighted by molar-refractivity contribution is 7.92. The summed E-state index contributed by atoms with van der Waals surface area (Å²) < 4.78 is 37.8. The number of H-pyrrole nitrogens is 1. The predicted octanol–water partition coefficient (Wildman–Crippen LogP) is 3.15. The fraction of sp³-hybridized carbons (Fsp3) is 0.167. The Hall–Kier alpha value is -3.00. The summed E-state index contributed by atoms with van der Waals surface area (Å²) in [5.74, 6) is 0.0714. The highest BCUT2D eigenvalue weighted by Crippen LogP contribution is 2.27. The van der Waals surface area contributed by atoms with Crippen LogP contribution in [-0.2, 0) is 14.8 Å². The van der Waals surface area contributed by atoms with Gasteiger partial charge in [-0.15, -0.1) is 0 Å². The smallest absolute Gasteiger partial charge is 0.354 e. The zero-order valence-corrected chi connectivity index (χ0v) is 15.1. The Morgan fingerprint density at radius 1 is 1.15 bits per heavy atom. The molecule has 0 spiro atoms. The molecule has 0 fully saturated rings. The van der Waals surface area contributed by atoms with Crippen molar-refractivity contribution in [2.75, 3.05) is 18.4 Å². The number of para-hydroxylation sites is 1. The second-order valence-electron chi connectivity index (χ2n) is 5.45. The molecule has 0 aliphatic heterocycles. The Labute approximate surface area is 151 Å². The van der Waals surface area contributed by atoms with Gasteiger partial charge in [-0.2, -0.15) is 0 Å². The van der Waals surface area contributed by atoms with Crippen LogP contribution in [0.1, 0.15) is 17.4 Å². The number of fused-ring (bicyclic) bond motifs is 1. The number of rotatable bonds is 6. The van der Waals surface area contributed by atoms with Crippen molar-refractivity contribution < 1.29 is 22.7 Å².